The highest BCUT2D eigenvalue weighted by Gasteiger charge is 2.31. The first-order chi connectivity index (χ1) is 17.5. The van der Waals surface area contributed by atoms with Crippen LogP contribution < -0.4 is 15.0 Å². The highest BCUT2D eigenvalue weighted by molar-refractivity contribution is 5.92. The van der Waals surface area contributed by atoms with Gasteiger partial charge in [0.1, 0.15) is 5.75 Å². The standard InChI is InChI=1S/C31H39N3O3/c1-22(24-11-9-8-10-12-24)34(30(36)31(2,3)4)21-25-20-26(15-18-28(25)33(5)6)32-29(35)19-23-13-16-27(37-7)17-14-23/h8-18,20,22H,19,21H2,1-7H3,(H,32,35). The summed E-state index contributed by atoms with van der Waals surface area (Å²) in [6.07, 6.45) is 0.258. The van der Waals surface area contributed by atoms with Crippen molar-refractivity contribution in [2.45, 2.75) is 46.7 Å². The number of benzene rings is 3. The Kier molecular flexibility index (Phi) is 8.98. The molecule has 0 fully saturated rings. The number of hydrogen-bond acceptors (Lipinski definition) is 4. The number of rotatable bonds is 9. The van der Waals surface area contributed by atoms with Crippen molar-refractivity contribution in [3.8, 4) is 5.75 Å². The van der Waals surface area contributed by atoms with Crippen molar-refractivity contribution in [1.82, 2.24) is 4.90 Å². The highest BCUT2D eigenvalue weighted by Crippen LogP contribution is 2.32. The van der Waals surface area contributed by atoms with E-state index >= 15 is 0 Å². The summed E-state index contributed by atoms with van der Waals surface area (Å²) in [5.74, 6) is 0.726. The molecular formula is C31H39N3O3. The van der Waals surface area contributed by atoms with Crippen LogP contribution in [0, 0.1) is 5.41 Å². The summed E-state index contributed by atoms with van der Waals surface area (Å²) in [7, 11) is 5.59. The van der Waals surface area contributed by atoms with Gasteiger partial charge < -0.3 is 19.9 Å². The fraction of sp³-hybridized carbons (Fsp3) is 0.355. The molecule has 1 N–H and O–H groups in total. The third kappa shape index (κ3) is 7.35. The van der Waals surface area contributed by atoms with Gasteiger partial charge in [0.2, 0.25) is 11.8 Å². The van der Waals surface area contributed by atoms with Crippen LogP contribution in [-0.4, -0.2) is 37.9 Å². The smallest absolute Gasteiger partial charge is 0.228 e. The maximum Gasteiger partial charge on any atom is 0.228 e. The Morgan fingerprint density at radius 3 is 2.16 bits per heavy atom. The number of ether oxygens (including phenoxy) is 1. The van der Waals surface area contributed by atoms with E-state index in [0.717, 1.165) is 28.1 Å². The van der Waals surface area contributed by atoms with Gasteiger partial charge in [-0.05, 0) is 53.9 Å². The second kappa shape index (κ2) is 12.0. The van der Waals surface area contributed by atoms with Gasteiger partial charge in [-0.1, -0.05) is 63.2 Å². The second-order valence-corrected chi connectivity index (χ2v) is 10.6. The van der Waals surface area contributed by atoms with E-state index in [1.54, 1.807) is 7.11 Å². The van der Waals surface area contributed by atoms with Gasteiger partial charge >= 0.3 is 0 Å². The normalized spacial score (nSPS) is 12.0. The lowest BCUT2D eigenvalue weighted by atomic mass is 9.92. The first-order valence-corrected chi connectivity index (χ1v) is 12.6. The van der Waals surface area contributed by atoms with E-state index in [2.05, 4.69) is 24.4 Å². The Bertz CT molecular complexity index is 1200. The van der Waals surface area contributed by atoms with E-state index in [1.807, 2.05) is 105 Å². The zero-order valence-corrected chi connectivity index (χ0v) is 23.0. The van der Waals surface area contributed by atoms with Crippen molar-refractivity contribution < 1.29 is 14.3 Å². The quantitative estimate of drug-likeness (QED) is 0.386. The van der Waals surface area contributed by atoms with Crippen LogP contribution in [0.2, 0.25) is 0 Å². The lowest BCUT2D eigenvalue weighted by molar-refractivity contribution is -0.142. The fourth-order valence-corrected chi connectivity index (χ4v) is 4.27. The van der Waals surface area contributed by atoms with E-state index in [1.165, 1.54) is 0 Å². The molecular weight excluding hydrogens is 462 g/mol. The maximum atomic E-state index is 13.6. The predicted octanol–water partition coefficient (Wildman–Crippen LogP) is 6.08. The van der Waals surface area contributed by atoms with E-state index < -0.39 is 5.41 Å². The van der Waals surface area contributed by atoms with Crippen LogP contribution >= 0.6 is 0 Å². The van der Waals surface area contributed by atoms with Crippen molar-refractivity contribution in [1.29, 1.82) is 0 Å². The van der Waals surface area contributed by atoms with Crippen LogP contribution in [0.5, 0.6) is 5.75 Å². The fourth-order valence-electron chi connectivity index (χ4n) is 4.27. The molecule has 1 atom stereocenters. The molecule has 0 aromatic heterocycles. The molecule has 6 heteroatoms. The molecule has 1 unspecified atom stereocenters. The molecule has 3 aromatic carbocycles. The lowest BCUT2D eigenvalue weighted by Gasteiger charge is -2.35. The minimum Gasteiger partial charge on any atom is -0.497 e. The van der Waals surface area contributed by atoms with E-state index in [9.17, 15) is 9.59 Å². The molecule has 6 nitrogen and oxygen atoms in total. The van der Waals surface area contributed by atoms with Crippen LogP contribution in [0.3, 0.4) is 0 Å². The van der Waals surface area contributed by atoms with E-state index in [4.69, 9.17) is 4.74 Å². The number of anilines is 2. The van der Waals surface area contributed by atoms with Crippen molar-refractivity contribution in [2.24, 2.45) is 5.41 Å². The lowest BCUT2D eigenvalue weighted by Crippen LogP contribution is -2.40. The molecule has 3 aromatic rings. The Labute approximate surface area is 221 Å². The van der Waals surface area contributed by atoms with Gasteiger partial charge in [0, 0.05) is 37.4 Å². The zero-order valence-electron chi connectivity index (χ0n) is 23.0. The Morgan fingerprint density at radius 2 is 1.59 bits per heavy atom. The van der Waals surface area contributed by atoms with Crippen molar-refractivity contribution in [3.63, 3.8) is 0 Å². The van der Waals surface area contributed by atoms with Gasteiger partial charge in [0.05, 0.1) is 19.6 Å². The Hall–Kier alpha value is -3.80. The summed E-state index contributed by atoms with van der Waals surface area (Å²) >= 11 is 0. The van der Waals surface area contributed by atoms with E-state index in [0.29, 0.717) is 12.2 Å². The van der Waals surface area contributed by atoms with Crippen molar-refractivity contribution in [3.05, 3.63) is 89.5 Å². The summed E-state index contributed by atoms with van der Waals surface area (Å²) in [5, 5.41) is 3.03. The molecule has 196 valence electrons. The molecule has 0 bridgehead atoms. The Balaban J connectivity index is 1.88. The minimum absolute atomic E-state index is 0.0718. The van der Waals surface area contributed by atoms with Crippen LogP contribution in [0.4, 0.5) is 11.4 Å². The van der Waals surface area contributed by atoms with Crippen LogP contribution in [0.1, 0.15) is 50.4 Å². The molecule has 0 aliphatic carbocycles. The average Bonchev–Trinajstić information content (AvgIpc) is 2.86. The molecule has 3 rings (SSSR count). The maximum absolute atomic E-state index is 13.6. The first-order valence-electron chi connectivity index (χ1n) is 12.6. The van der Waals surface area contributed by atoms with Gasteiger partial charge in [-0.2, -0.15) is 0 Å². The van der Waals surface area contributed by atoms with Crippen molar-refractivity contribution in [2.75, 3.05) is 31.4 Å². The van der Waals surface area contributed by atoms with Crippen molar-refractivity contribution >= 4 is 23.2 Å². The molecule has 0 spiro atoms. The Morgan fingerprint density at radius 1 is 0.946 bits per heavy atom. The highest BCUT2D eigenvalue weighted by atomic mass is 16.5. The number of carbonyl (C=O) groups excluding carboxylic acids is 2. The monoisotopic (exact) mass is 501 g/mol. The summed E-state index contributed by atoms with van der Waals surface area (Å²) < 4.78 is 5.20. The van der Waals surface area contributed by atoms with Gasteiger partial charge in [-0.15, -0.1) is 0 Å². The molecule has 0 heterocycles. The molecule has 37 heavy (non-hydrogen) atoms. The number of nitrogens with zero attached hydrogens (tertiary/aromatic N) is 2. The molecule has 0 aliphatic rings. The molecule has 0 aliphatic heterocycles. The second-order valence-electron chi connectivity index (χ2n) is 10.6. The minimum atomic E-state index is -0.536. The van der Waals surface area contributed by atoms with Gasteiger partial charge in [0.15, 0.2) is 0 Å². The summed E-state index contributed by atoms with van der Waals surface area (Å²) in [6.45, 7) is 8.32. The third-order valence-corrected chi connectivity index (χ3v) is 6.36. The van der Waals surface area contributed by atoms with Gasteiger partial charge in [0.25, 0.3) is 0 Å². The number of amides is 2. The zero-order chi connectivity index (χ0) is 27.2. The van der Waals surface area contributed by atoms with Gasteiger partial charge in [-0.25, -0.2) is 0 Å². The van der Waals surface area contributed by atoms with Crippen LogP contribution in [0.15, 0.2) is 72.8 Å². The number of carbonyl (C=O) groups is 2. The van der Waals surface area contributed by atoms with Crippen LogP contribution in [0.25, 0.3) is 0 Å². The summed E-state index contributed by atoms with van der Waals surface area (Å²) in [6, 6.07) is 23.3. The predicted molar refractivity (Wildman–Crippen MR) is 151 cm³/mol. The van der Waals surface area contributed by atoms with Crippen LogP contribution in [-0.2, 0) is 22.6 Å². The summed E-state index contributed by atoms with van der Waals surface area (Å²) in [5.41, 5.74) is 4.12. The largest absolute Gasteiger partial charge is 0.497 e. The van der Waals surface area contributed by atoms with E-state index in [-0.39, 0.29) is 24.3 Å². The number of nitrogens with one attached hydrogen (secondary N) is 1. The third-order valence-electron chi connectivity index (χ3n) is 6.36. The SMILES string of the molecule is COc1ccc(CC(=O)Nc2ccc(N(C)C)c(CN(C(=O)C(C)(C)C)C(C)c3ccccc3)c2)cc1. The molecule has 0 saturated heterocycles. The number of methoxy groups -OCH3 is 1. The number of hydrogen-bond donors (Lipinski definition) is 1. The molecule has 0 radical (unpaired) electrons. The summed E-state index contributed by atoms with van der Waals surface area (Å²) in [4.78, 5) is 30.4. The average molecular weight is 502 g/mol. The molecule has 2 amide bonds. The molecule has 0 saturated carbocycles. The van der Waals surface area contributed by atoms with Gasteiger partial charge in [-0.3, -0.25) is 9.59 Å². The first kappa shape index (κ1) is 27.8. The topological polar surface area (TPSA) is 61.9 Å².